The molecule has 2 heterocycles. The molecule has 0 atom stereocenters. The summed E-state index contributed by atoms with van der Waals surface area (Å²) >= 11 is 0. The third-order valence-electron chi connectivity index (χ3n) is 6.03. The molecule has 1 aromatic heterocycles. The minimum absolute atomic E-state index is 0.0865. The van der Waals surface area contributed by atoms with Crippen molar-refractivity contribution in [3.63, 3.8) is 0 Å². The van der Waals surface area contributed by atoms with Gasteiger partial charge in [0.25, 0.3) is 0 Å². The molecule has 0 unspecified atom stereocenters. The van der Waals surface area contributed by atoms with E-state index in [9.17, 15) is 14.4 Å². The number of benzene rings is 2. The average molecular weight is 476 g/mol. The molecular formula is C26H29N5O4. The van der Waals surface area contributed by atoms with Gasteiger partial charge in [-0.3, -0.25) is 9.48 Å². The van der Waals surface area contributed by atoms with E-state index in [1.807, 2.05) is 42.1 Å². The summed E-state index contributed by atoms with van der Waals surface area (Å²) in [6, 6.07) is 15.9. The number of nitrogens with one attached hydrogen (secondary N) is 1. The predicted octanol–water partition coefficient (Wildman–Crippen LogP) is 3.74. The molecule has 0 spiro atoms. The highest BCUT2D eigenvalue weighted by atomic mass is 16.5. The Morgan fingerprint density at radius 2 is 1.80 bits per heavy atom. The summed E-state index contributed by atoms with van der Waals surface area (Å²) in [6.07, 6.45) is 0.636. The number of para-hydroxylation sites is 2. The molecule has 1 aliphatic heterocycles. The van der Waals surface area contributed by atoms with E-state index in [1.54, 1.807) is 41.0 Å². The van der Waals surface area contributed by atoms with Gasteiger partial charge in [-0.2, -0.15) is 5.10 Å². The molecule has 0 radical (unpaired) electrons. The van der Waals surface area contributed by atoms with Crippen LogP contribution in [-0.2, 0) is 36.1 Å². The fourth-order valence-corrected chi connectivity index (χ4v) is 4.29. The second kappa shape index (κ2) is 10.4. The minimum Gasteiger partial charge on any atom is -0.462 e. The number of ether oxygens (including phenoxy) is 1. The van der Waals surface area contributed by atoms with Crippen LogP contribution in [0.3, 0.4) is 0 Å². The number of anilines is 2. The number of hydrogen-bond donors (Lipinski definition) is 1. The van der Waals surface area contributed by atoms with E-state index >= 15 is 0 Å². The third-order valence-corrected chi connectivity index (χ3v) is 6.03. The van der Waals surface area contributed by atoms with Crippen LogP contribution in [-0.4, -0.2) is 45.7 Å². The van der Waals surface area contributed by atoms with Crippen molar-refractivity contribution in [2.45, 2.75) is 33.4 Å². The van der Waals surface area contributed by atoms with Crippen LogP contribution in [0.2, 0.25) is 0 Å². The Balaban J connectivity index is 1.54. The number of fused-ring (bicyclic) bond motifs is 1. The molecule has 182 valence electrons. The summed E-state index contributed by atoms with van der Waals surface area (Å²) < 4.78 is 6.94. The Morgan fingerprint density at radius 3 is 2.51 bits per heavy atom. The number of aryl methyl sites for hydroxylation is 1. The van der Waals surface area contributed by atoms with Crippen LogP contribution < -0.4 is 10.2 Å². The van der Waals surface area contributed by atoms with Gasteiger partial charge in [-0.15, -0.1) is 0 Å². The van der Waals surface area contributed by atoms with Crippen LogP contribution >= 0.6 is 0 Å². The molecule has 35 heavy (non-hydrogen) atoms. The first-order chi connectivity index (χ1) is 16.9. The molecule has 4 rings (SSSR count). The van der Waals surface area contributed by atoms with Crippen molar-refractivity contribution in [2.24, 2.45) is 7.05 Å². The molecule has 0 fully saturated rings. The number of rotatable bonds is 6. The van der Waals surface area contributed by atoms with Crippen molar-refractivity contribution in [1.29, 1.82) is 0 Å². The minimum atomic E-state index is -0.482. The third kappa shape index (κ3) is 5.18. The summed E-state index contributed by atoms with van der Waals surface area (Å²) in [4.78, 5) is 41.2. The Morgan fingerprint density at radius 1 is 1.09 bits per heavy atom. The van der Waals surface area contributed by atoms with E-state index in [4.69, 9.17) is 4.74 Å². The van der Waals surface area contributed by atoms with Gasteiger partial charge in [0.2, 0.25) is 5.91 Å². The van der Waals surface area contributed by atoms with E-state index in [0.717, 1.165) is 22.6 Å². The van der Waals surface area contributed by atoms with E-state index in [2.05, 4.69) is 10.4 Å². The summed E-state index contributed by atoms with van der Waals surface area (Å²) in [5, 5.41) is 7.53. The lowest BCUT2D eigenvalue weighted by molar-refractivity contribution is -0.116. The molecule has 9 heteroatoms. The molecule has 3 amide bonds. The predicted molar refractivity (Wildman–Crippen MR) is 132 cm³/mol. The largest absolute Gasteiger partial charge is 0.462 e. The Hall–Kier alpha value is -4.14. The number of carbonyl (C=O) groups excluding carboxylic acids is 3. The maximum atomic E-state index is 13.2. The maximum absolute atomic E-state index is 13.2. The van der Waals surface area contributed by atoms with Crippen LogP contribution in [0.4, 0.5) is 16.2 Å². The Kier molecular flexibility index (Phi) is 7.14. The summed E-state index contributed by atoms with van der Waals surface area (Å²) in [5.74, 6) is -0.569. The van der Waals surface area contributed by atoms with E-state index < -0.39 is 5.97 Å². The van der Waals surface area contributed by atoms with Crippen molar-refractivity contribution >= 4 is 29.3 Å². The number of amides is 3. The van der Waals surface area contributed by atoms with Gasteiger partial charge >= 0.3 is 12.0 Å². The van der Waals surface area contributed by atoms with Gasteiger partial charge < -0.3 is 19.9 Å². The van der Waals surface area contributed by atoms with E-state index in [-0.39, 0.29) is 18.5 Å². The smallest absolute Gasteiger partial charge is 0.340 e. The topological polar surface area (TPSA) is 96.8 Å². The van der Waals surface area contributed by atoms with Gasteiger partial charge in [0.1, 0.15) is 0 Å². The fraction of sp³-hybridized carbons (Fsp3) is 0.308. The van der Waals surface area contributed by atoms with Crippen LogP contribution in [0, 0.1) is 0 Å². The summed E-state index contributed by atoms with van der Waals surface area (Å²) in [5.41, 5.74) is 4.25. The molecule has 1 N–H and O–H groups in total. The van der Waals surface area contributed by atoms with Crippen LogP contribution in [0.5, 0.6) is 0 Å². The first kappa shape index (κ1) is 24.0. The molecule has 2 aromatic carbocycles. The van der Waals surface area contributed by atoms with Crippen LogP contribution in [0.15, 0.2) is 54.6 Å². The molecule has 0 saturated heterocycles. The van der Waals surface area contributed by atoms with Gasteiger partial charge in [0.05, 0.1) is 36.6 Å². The Labute approximate surface area is 204 Å². The fourth-order valence-electron chi connectivity index (χ4n) is 4.29. The second-order valence-electron chi connectivity index (χ2n) is 8.30. The standard InChI is InChI=1S/C26H29N5O4/c1-4-35-25(33)20-12-8-9-13-22(20)27-26(34)30-15-14-24-21(16-30)23(28-29(24)3)17-31(18(2)32)19-10-6-5-7-11-19/h5-13H,4,14-17H2,1-3H3,(H,27,34). The molecular weight excluding hydrogens is 446 g/mol. The highest BCUT2D eigenvalue weighted by Crippen LogP contribution is 2.26. The number of urea groups is 1. The van der Waals surface area contributed by atoms with E-state index in [1.165, 1.54) is 6.92 Å². The zero-order valence-corrected chi connectivity index (χ0v) is 20.2. The maximum Gasteiger partial charge on any atom is 0.340 e. The van der Waals surface area contributed by atoms with Gasteiger partial charge in [0.15, 0.2) is 0 Å². The van der Waals surface area contributed by atoms with Crippen LogP contribution in [0.1, 0.15) is 41.2 Å². The van der Waals surface area contributed by atoms with Crippen molar-refractivity contribution in [3.8, 4) is 0 Å². The zero-order valence-electron chi connectivity index (χ0n) is 20.2. The zero-order chi connectivity index (χ0) is 24.9. The summed E-state index contributed by atoms with van der Waals surface area (Å²) in [6.45, 7) is 4.69. The van der Waals surface area contributed by atoms with Crippen molar-refractivity contribution in [3.05, 3.63) is 77.1 Å². The number of aromatic nitrogens is 2. The lowest BCUT2D eigenvalue weighted by Crippen LogP contribution is -2.39. The first-order valence-corrected chi connectivity index (χ1v) is 11.6. The highest BCUT2D eigenvalue weighted by Gasteiger charge is 2.28. The van der Waals surface area contributed by atoms with Crippen LogP contribution in [0.25, 0.3) is 0 Å². The monoisotopic (exact) mass is 475 g/mol. The SMILES string of the molecule is CCOC(=O)c1ccccc1NC(=O)N1CCc2c(c(CN(C(C)=O)c3ccccc3)nn2C)C1. The molecule has 0 aliphatic carbocycles. The lowest BCUT2D eigenvalue weighted by atomic mass is 10.0. The van der Waals surface area contributed by atoms with Gasteiger partial charge in [0, 0.05) is 43.9 Å². The highest BCUT2D eigenvalue weighted by molar-refractivity contribution is 6.00. The molecule has 9 nitrogen and oxygen atoms in total. The number of carbonyl (C=O) groups is 3. The number of hydrogen-bond acceptors (Lipinski definition) is 5. The van der Waals surface area contributed by atoms with E-state index in [0.29, 0.717) is 37.3 Å². The molecule has 0 saturated carbocycles. The first-order valence-electron chi connectivity index (χ1n) is 11.6. The molecule has 3 aromatic rings. The van der Waals surface area contributed by atoms with Gasteiger partial charge in [-0.05, 0) is 31.2 Å². The number of esters is 1. The molecule has 0 bridgehead atoms. The molecule has 1 aliphatic rings. The number of nitrogens with zero attached hydrogens (tertiary/aromatic N) is 4. The lowest BCUT2D eigenvalue weighted by Gasteiger charge is -2.29. The van der Waals surface area contributed by atoms with Crippen molar-refractivity contribution in [2.75, 3.05) is 23.4 Å². The Bertz CT molecular complexity index is 1240. The quantitative estimate of drug-likeness (QED) is 0.548. The van der Waals surface area contributed by atoms with Gasteiger partial charge in [-0.25, -0.2) is 9.59 Å². The van der Waals surface area contributed by atoms with Gasteiger partial charge in [-0.1, -0.05) is 30.3 Å². The van der Waals surface area contributed by atoms with Crippen molar-refractivity contribution in [1.82, 2.24) is 14.7 Å². The average Bonchev–Trinajstić information content (AvgIpc) is 3.17. The van der Waals surface area contributed by atoms with Crippen molar-refractivity contribution < 1.29 is 19.1 Å². The summed E-state index contributed by atoms with van der Waals surface area (Å²) in [7, 11) is 1.88. The second-order valence-corrected chi connectivity index (χ2v) is 8.30. The normalized spacial score (nSPS) is 12.6.